The fourth-order valence-corrected chi connectivity index (χ4v) is 9.97. The average molecular weight is 440 g/mol. The highest BCUT2D eigenvalue weighted by atomic mass is 16.5. The molecule has 32 heavy (non-hydrogen) atoms. The largest absolute Gasteiger partial charge is 0.369 e. The van der Waals surface area contributed by atoms with E-state index in [1.165, 1.54) is 38.5 Å². The first-order chi connectivity index (χ1) is 15.2. The Morgan fingerprint density at radius 3 is 2.69 bits per heavy atom. The number of hydrogen-bond acceptors (Lipinski definition) is 3. The van der Waals surface area contributed by atoms with Gasteiger partial charge >= 0.3 is 0 Å². The summed E-state index contributed by atoms with van der Waals surface area (Å²) in [6.45, 7) is 13.5. The van der Waals surface area contributed by atoms with Crippen molar-refractivity contribution in [3.8, 4) is 0 Å². The number of Topliss-reactive ketones (excluding diaryl/α,β-unsaturated/α-hetero) is 1. The van der Waals surface area contributed by atoms with Crippen molar-refractivity contribution in [3.63, 3.8) is 0 Å². The zero-order valence-electron chi connectivity index (χ0n) is 21.1. The smallest absolute Gasteiger partial charge is 0.133 e. The molecule has 10 atom stereocenters. The number of allylic oxidation sites excluding steroid dienone is 1. The molecule has 3 heteroatoms. The van der Waals surface area contributed by atoms with Crippen molar-refractivity contribution >= 4 is 5.78 Å². The van der Waals surface area contributed by atoms with Crippen molar-refractivity contribution in [3.05, 3.63) is 11.1 Å². The average Bonchev–Trinajstić information content (AvgIpc) is 3.19. The summed E-state index contributed by atoms with van der Waals surface area (Å²) in [5.74, 6) is 4.22. The monoisotopic (exact) mass is 439 g/mol. The minimum absolute atomic E-state index is 0.0493. The standard InChI is InChI=1S/C29H45NO2/c1-17-12-25-26(30-16-17)19(3)29(32-25)11-8-21-22-7-9-27(4)15-20(31)6-10-28(27,5)24(22)13-23(21)18(2)14-29/h17,19,21-22,24-26,30H,6-16H2,1-5H3/t17-,19+,21-,22-,24-,25+,26-,27+,28+,29-/m0/s1. The number of ketones is 1. The number of hydrogen-bond donors (Lipinski definition) is 1. The lowest BCUT2D eigenvalue weighted by Gasteiger charge is -2.58. The maximum absolute atomic E-state index is 12.4. The van der Waals surface area contributed by atoms with Gasteiger partial charge in [-0.1, -0.05) is 38.8 Å². The van der Waals surface area contributed by atoms with Crippen LogP contribution in [-0.4, -0.2) is 30.1 Å². The molecule has 1 N–H and O–H groups in total. The molecule has 0 radical (unpaired) electrons. The van der Waals surface area contributed by atoms with Gasteiger partial charge < -0.3 is 10.1 Å². The number of ether oxygens (including phenoxy) is 1. The van der Waals surface area contributed by atoms with Crippen molar-refractivity contribution in [2.75, 3.05) is 6.54 Å². The summed E-state index contributed by atoms with van der Waals surface area (Å²) in [5, 5.41) is 3.86. The lowest BCUT2D eigenvalue weighted by Crippen LogP contribution is -2.52. The van der Waals surface area contributed by atoms with E-state index < -0.39 is 0 Å². The van der Waals surface area contributed by atoms with Crippen LogP contribution in [0.4, 0.5) is 0 Å². The van der Waals surface area contributed by atoms with Gasteiger partial charge in [0.25, 0.3) is 0 Å². The molecule has 2 aliphatic heterocycles. The second kappa shape index (κ2) is 7.17. The Kier molecular flexibility index (Phi) is 4.89. The zero-order chi connectivity index (χ0) is 22.5. The van der Waals surface area contributed by atoms with E-state index in [1.807, 2.05) is 5.57 Å². The summed E-state index contributed by atoms with van der Waals surface area (Å²) >= 11 is 0. The van der Waals surface area contributed by atoms with Gasteiger partial charge in [0, 0.05) is 24.8 Å². The van der Waals surface area contributed by atoms with Gasteiger partial charge in [0.2, 0.25) is 0 Å². The van der Waals surface area contributed by atoms with Gasteiger partial charge in [-0.2, -0.15) is 0 Å². The van der Waals surface area contributed by atoms with Gasteiger partial charge in [-0.15, -0.1) is 0 Å². The maximum atomic E-state index is 12.4. The second-order valence-electron chi connectivity index (χ2n) is 13.6. The van der Waals surface area contributed by atoms with Crippen LogP contribution in [-0.2, 0) is 9.53 Å². The van der Waals surface area contributed by atoms with E-state index in [9.17, 15) is 4.79 Å². The molecular weight excluding hydrogens is 394 g/mol. The van der Waals surface area contributed by atoms with Crippen LogP contribution in [0.2, 0.25) is 0 Å². The fraction of sp³-hybridized carbons (Fsp3) is 0.897. The molecule has 2 heterocycles. The highest BCUT2D eigenvalue weighted by Crippen LogP contribution is 2.68. The molecule has 3 nitrogen and oxygen atoms in total. The molecular formula is C29H45NO2. The van der Waals surface area contributed by atoms with Crippen LogP contribution >= 0.6 is 0 Å². The first-order valence-corrected chi connectivity index (χ1v) is 13.8. The molecule has 6 aliphatic rings. The van der Waals surface area contributed by atoms with Gasteiger partial charge in [-0.25, -0.2) is 0 Å². The van der Waals surface area contributed by atoms with E-state index in [0.29, 0.717) is 29.3 Å². The van der Waals surface area contributed by atoms with E-state index in [2.05, 4.69) is 39.9 Å². The molecule has 0 aromatic rings. The highest BCUT2D eigenvalue weighted by molar-refractivity contribution is 5.80. The molecule has 0 bridgehead atoms. The van der Waals surface area contributed by atoms with Crippen molar-refractivity contribution < 1.29 is 9.53 Å². The van der Waals surface area contributed by atoms with Crippen LogP contribution in [0.15, 0.2) is 11.1 Å². The first kappa shape index (κ1) is 21.8. The summed E-state index contributed by atoms with van der Waals surface area (Å²) in [6, 6.07) is 0.545. The van der Waals surface area contributed by atoms with Crippen molar-refractivity contribution in [2.24, 2.45) is 40.4 Å². The van der Waals surface area contributed by atoms with Crippen LogP contribution < -0.4 is 5.32 Å². The van der Waals surface area contributed by atoms with E-state index in [1.54, 1.807) is 5.57 Å². The fourth-order valence-electron chi connectivity index (χ4n) is 9.97. The van der Waals surface area contributed by atoms with Crippen LogP contribution in [0.5, 0.6) is 0 Å². The van der Waals surface area contributed by atoms with Gasteiger partial charge in [0.1, 0.15) is 5.78 Å². The van der Waals surface area contributed by atoms with Crippen LogP contribution in [0.25, 0.3) is 0 Å². The molecule has 2 saturated heterocycles. The molecule has 3 saturated carbocycles. The predicted octanol–water partition coefficient (Wildman–Crippen LogP) is 6.07. The highest BCUT2D eigenvalue weighted by Gasteiger charge is 2.62. The quantitative estimate of drug-likeness (QED) is 0.466. The zero-order valence-corrected chi connectivity index (χ0v) is 21.1. The molecule has 5 fully saturated rings. The summed E-state index contributed by atoms with van der Waals surface area (Å²) < 4.78 is 7.03. The van der Waals surface area contributed by atoms with Crippen molar-refractivity contribution in [2.45, 2.75) is 117 Å². The third-order valence-electron chi connectivity index (χ3n) is 12.1. The van der Waals surface area contributed by atoms with Gasteiger partial charge in [-0.05, 0) is 99.3 Å². The van der Waals surface area contributed by atoms with Crippen LogP contribution in [0.1, 0.15) is 98.8 Å². The Bertz CT molecular complexity index is 848. The third kappa shape index (κ3) is 2.88. The predicted molar refractivity (Wildman–Crippen MR) is 128 cm³/mol. The summed E-state index contributed by atoms with van der Waals surface area (Å²) in [6.07, 6.45) is 12.0. The molecule has 0 aromatic carbocycles. The number of nitrogens with one attached hydrogen (secondary N) is 1. The summed E-state index contributed by atoms with van der Waals surface area (Å²) in [4.78, 5) is 12.4. The molecule has 1 spiro atoms. The van der Waals surface area contributed by atoms with E-state index in [0.717, 1.165) is 55.9 Å². The Morgan fingerprint density at radius 1 is 1.06 bits per heavy atom. The maximum Gasteiger partial charge on any atom is 0.133 e. The Balaban J connectivity index is 1.29. The van der Waals surface area contributed by atoms with Crippen molar-refractivity contribution in [1.29, 1.82) is 0 Å². The number of piperidine rings is 1. The Hall–Kier alpha value is -0.670. The molecule has 6 rings (SSSR count). The lowest BCUT2D eigenvalue weighted by molar-refractivity contribution is -0.142. The number of carbonyl (C=O) groups is 1. The normalized spacial score (nSPS) is 55.3. The number of rotatable bonds is 0. The first-order valence-electron chi connectivity index (χ1n) is 13.8. The molecule has 178 valence electrons. The van der Waals surface area contributed by atoms with Gasteiger partial charge in [-0.3, -0.25) is 4.79 Å². The molecule has 4 aliphatic carbocycles. The van der Waals surface area contributed by atoms with Gasteiger partial charge in [0.05, 0.1) is 11.7 Å². The Labute approximate surface area is 195 Å². The number of carbonyl (C=O) groups excluding carboxylic acids is 1. The van der Waals surface area contributed by atoms with Crippen molar-refractivity contribution in [1.82, 2.24) is 5.32 Å². The van der Waals surface area contributed by atoms with E-state index in [-0.39, 0.29) is 11.0 Å². The summed E-state index contributed by atoms with van der Waals surface area (Å²) in [5.41, 5.74) is 4.09. The summed E-state index contributed by atoms with van der Waals surface area (Å²) in [7, 11) is 0. The van der Waals surface area contributed by atoms with Crippen LogP contribution in [0.3, 0.4) is 0 Å². The third-order valence-corrected chi connectivity index (χ3v) is 12.1. The lowest BCUT2D eigenvalue weighted by atomic mass is 9.45. The molecule has 0 amide bonds. The van der Waals surface area contributed by atoms with E-state index >= 15 is 0 Å². The minimum atomic E-state index is 0.0493. The minimum Gasteiger partial charge on any atom is -0.369 e. The van der Waals surface area contributed by atoms with E-state index in [4.69, 9.17) is 4.74 Å². The molecule has 0 unspecified atom stereocenters. The Morgan fingerprint density at radius 2 is 1.88 bits per heavy atom. The molecule has 0 aromatic heterocycles. The topological polar surface area (TPSA) is 38.3 Å². The number of fused-ring (bicyclic) bond motifs is 6. The van der Waals surface area contributed by atoms with Gasteiger partial charge in [0.15, 0.2) is 0 Å². The van der Waals surface area contributed by atoms with Crippen LogP contribution in [0, 0.1) is 40.4 Å². The second-order valence-corrected chi connectivity index (χ2v) is 13.6. The SMILES string of the molecule is CC1=C2C[C@H]3[C@@H](CC[C@]4(C)CC(=O)CC[C@]34C)[C@@H]2CC[C@@]2(C1)O[C@@H]1C[C@H](C)CN[C@H]1[C@H]2C.